The summed E-state index contributed by atoms with van der Waals surface area (Å²) in [7, 11) is 0.756. The Bertz CT molecular complexity index is 126. The van der Waals surface area contributed by atoms with Crippen LogP contribution in [0.1, 0.15) is 0 Å². The molecule has 1 heteroatoms. The Morgan fingerprint density at radius 3 is 1.71 bits per heavy atom. The summed E-state index contributed by atoms with van der Waals surface area (Å²) in [5.74, 6) is 0. The van der Waals surface area contributed by atoms with Gasteiger partial charge in [-0.05, 0) is 0 Å². The van der Waals surface area contributed by atoms with Crippen LogP contribution in [-0.4, -0.2) is 9.52 Å². The van der Waals surface area contributed by atoms with E-state index in [-0.39, 0.29) is 0 Å². The highest BCUT2D eigenvalue weighted by Crippen LogP contribution is 2.07. The minimum atomic E-state index is 0.756. The van der Waals surface area contributed by atoms with Crippen LogP contribution in [0, 0.1) is 0 Å². The molecule has 0 aromatic rings. The molecule has 1 heterocycles. The summed E-state index contributed by atoms with van der Waals surface area (Å²) in [5, 5.41) is 2.40. The molecule has 0 N–H and O–H groups in total. The van der Waals surface area contributed by atoms with Gasteiger partial charge in [0.25, 0.3) is 0 Å². The molecule has 0 spiro atoms. The van der Waals surface area contributed by atoms with E-state index < -0.39 is 0 Å². The first-order valence-corrected chi connectivity index (χ1v) is 3.12. The molecule has 0 nitrogen and oxygen atoms in total. The first-order valence-electron chi connectivity index (χ1n) is 2.12. The molecule has 1 rings (SSSR count). The predicted octanol–water partition coefficient (Wildman–Crippen LogP) is 1.29. The van der Waals surface area contributed by atoms with Gasteiger partial charge in [0, 0.05) is 0 Å². The summed E-state index contributed by atoms with van der Waals surface area (Å²) in [6, 6.07) is 0. The van der Waals surface area contributed by atoms with Crippen molar-refractivity contribution in [3.05, 3.63) is 35.7 Å². The van der Waals surface area contributed by atoms with Gasteiger partial charge in [0.2, 0.25) is 0 Å². The SMILES string of the molecule is C=C1C=CC(=C)[Si-]1. The Morgan fingerprint density at radius 2 is 1.57 bits per heavy atom. The number of hydrogen-bond donors (Lipinski definition) is 0. The molecular weight excluding hydrogens is 100 g/mol. The molecule has 0 saturated heterocycles. The second kappa shape index (κ2) is 1.50. The van der Waals surface area contributed by atoms with Crippen molar-refractivity contribution in [2.75, 3.05) is 0 Å². The van der Waals surface area contributed by atoms with E-state index in [2.05, 4.69) is 13.2 Å². The average Bonchev–Trinajstić information content (AvgIpc) is 1.87. The van der Waals surface area contributed by atoms with Crippen LogP contribution in [0.4, 0.5) is 0 Å². The van der Waals surface area contributed by atoms with Gasteiger partial charge >= 0.3 is 0 Å². The zero-order valence-corrected chi connectivity index (χ0v) is 5.07. The van der Waals surface area contributed by atoms with Crippen molar-refractivity contribution in [3.63, 3.8) is 0 Å². The molecule has 0 unspecified atom stereocenters. The second-order valence-electron chi connectivity index (χ2n) is 1.51. The lowest BCUT2D eigenvalue weighted by Crippen LogP contribution is -1.84. The molecular formula is C6H6Si-. The molecule has 0 amide bonds. The van der Waals surface area contributed by atoms with E-state index in [1.165, 1.54) is 10.4 Å². The predicted molar refractivity (Wildman–Crippen MR) is 33.2 cm³/mol. The van der Waals surface area contributed by atoms with Gasteiger partial charge < -0.3 is 9.52 Å². The third kappa shape index (κ3) is 0.902. The van der Waals surface area contributed by atoms with Gasteiger partial charge in [-0.1, -0.05) is 12.2 Å². The van der Waals surface area contributed by atoms with Crippen molar-refractivity contribution in [1.29, 1.82) is 0 Å². The van der Waals surface area contributed by atoms with Crippen molar-refractivity contribution in [2.45, 2.75) is 0 Å². The quantitative estimate of drug-likeness (QED) is 0.408. The molecule has 1 aliphatic rings. The zero-order valence-electron chi connectivity index (χ0n) is 4.07. The van der Waals surface area contributed by atoms with E-state index in [4.69, 9.17) is 0 Å². The second-order valence-corrected chi connectivity index (χ2v) is 3.04. The first-order chi connectivity index (χ1) is 3.29. The largest absolute Gasteiger partial charge is 0.398 e. The maximum atomic E-state index is 3.77. The lowest BCUT2D eigenvalue weighted by atomic mass is 10.5. The Hall–Kier alpha value is -0.563. The van der Waals surface area contributed by atoms with Crippen LogP contribution in [0.25, 0.3) is 0 Å². The van der Waals surface area contributed by atoms with Gasteiger partial charge in [-0.25, -0.2) is 10.4 Å². The van der Waals surface area contributed by atoms with E-state index in [0.29, 0.717) is 0 Å². The molecule has 0 bridgehead atoms. The Morgan fingerprint density at radius 1 is 1.14 bits per heavy atom. The normalized spacial score (nSPS) is 17.7. The molecule has 0 saturated carbocycles. The third-order valence-corrected chi connectivity index (χ3v) is 1.78. The van der Waals surface area contributed by atoms with Crippen LogP contribution in [0.5, 0.6) is 0 Å². The lowest BCUT2D eigenvalue weighted by molar-refractivity contribution is 1.98. The van der Waals surface area contributed by atoms with Gasteiger partial charge in [-0.15, -0.1) is 13.2 Å². The molecule has 1 aliphatic heterocycles. The van der Waals surface area contributed by atoms with Gasteiger partial charge in [-0.2, -0.15) is 0 Å². The summed E-state index contributed by atoms with van der Waals surface area (Å²) in [5.41, 5.74) is 0. The molecule has 0 aromatic heterocycles. The third-order valence-electron chi connectivity index (χ3n) is 0.807. The van der Waals surface area contributed by atoms with Crippen LogP contribution in [0.15, 0.2) is 35.7 Å². The Kier molecular flexibility index (Phi) is 0.986. The van der Waals surface area contributed by atoms with Crippen molar-refractivity contribution in [1.82, 2.24) is 0 Å². The van der Waals surface area contributed by atoms with E-state index in [1.807, 2.05) is 12.2 Å². The molecule has 7 heavy (non-hydrogen) atoms. The maximum absolute atomic E-state index is 3.77. The molecule has 0 atom stereocenters. The van der Waals surface area contributed by atoms with Crippen molar-refractivity contribution < 1.29 is 0 Å². The fourth-order valence-corrected chi connectivity index (χ4v) is 1.24. The Labute approximate surface area is 46.1 Å². The highest BCUT2D eigenvalue weighted by molar-refractivity contribution is 6.57. The number of allylic oxidation sites excluding steroid dienone is 4. The van der Waals surface area contributed by atoms with Crippen LogP contribution in [0.2, 0.25) is 0 Å². The first kappa shape index (κ1) is 4.59. The van der Waals surface area contributed by atoms with E-state index in [0.717, 1.165) is 9.52 Å². The number of rotatable bonds is 0. The fraction of sp³-hybridized carbons (Fsp3) is 0. The average molecular weight is 106 g/mol. The topological polar surface area (TPSA) is 0 Å². The lowest BCUT2D eigenvalue weighted by Gasteiger charge is -2.06. The summed E-state index contributed by atoms with van der Waals surface area (Å²) >= 11 is 0. The molecule has 1 radical (unpaired) electrons. The monoisotopic (exact) mass is 106 g/mol. The van der Waals surface area contributed by atoms with Crippen LogP contribution < -0.4 is 0 Å². The van der Waals surface area contributed by atoms with Crippen LogP contribution >= 0.6 is 0 Å². The van der Waals surface area contributed by atoms with Crippen LogP contribution in [-0.2, 0) is 0 Å². The van der Waals surface area contributed by atoms with Gasteiger partial charge in [0.1, 0.15) is 0 Å². The summed E-state index contributed by atoms with van der Waals surface area (Å²) < 4.78 is 0. The van der Waals surface area contributed by atoms with Crippen molar-refractivity contribution in [3.8, 4) is 0 Å². The summed E-state index contributed by atoms with van der Waals surface area (Å²) in [4.78, 5) is 0. The highest BCUT2D eigenvalue weighted by Gasteiger charge is 1.79. The maximum Gasteiger partial charge on any atom is -0.0985 e. The molecule has 0 aliphatic carbocycles. The van der Waals surface area contributed by atoms with Crippen LogP contribution in [0.3, 0.4) is 0 Å². The minimum Gasteiger partial charge on any atom is -0.398 e. The standard InChI is InChI=1S/C6H6Si/c1-5-3-4-6(2)7-5/h3-4H,1-2H2/q-1. The fourth-order valence-electron chi connectivity index (χ4n) is 0.491. The smallest absolute Gasteiger partial charge is 0.0985 e. The number of hydrogen-bond acceptors (Lipinski definition) is 0. The van der Waals surface area contributed by atoms with E-state index in [9.17, 15) is 0 Å². The van der Waals surface area contributed by atoms with Crippen molar-refractivity contribution in [2.24, 2.45) is 0 Å². The summed E-state index contributed by atoms with van der Waals surface area (Å²) in [6.07, 6.45) is 4.03. The van der Waals surface area contributed by atoms with E-state index >= 15 is 0 Å². The van der Waals surface area contributed by atoms with E-state index in [1.54, 1.807) is 0 Å². The van der Waals surface area contributed by atoms with Crippen molar-refractivity contribution >= 4 is 9.52 Å². The van der Waals surface area contributed by atoms with Gasteiger partial charge in [0.15, 0.2) is 0 Å². The molecule has 0 fully saturated rings. The highest BCUT2D eigenvalue weighted by atomic mass is 28.2. The Balaban J connectivity index is 2.76. The van der Waals surface area contributed by atoms with Gasteiger partial charge in [0.05, 0.1) is 0 Å². The van der Waals surface area contributed by atoms with Gasteiger partial charge in [-0.3, -0.25) is 0 Å². The zero-order chi connectivity index (χ0) is 5.28. The molecule has 0 aromatic carbocycles. The minimum absolute atomic E-state index is 0.756. The molecule has 35 valence electrons. The summed E-state index contributed by atoms with van der Waals surface area (Å²) in [6.45, 7) is 7.54.